The molecule has 0 aliphatic carbocycles. The van der Waals surface area contributed by atoms with Crippen molar-refractivity contribution >= 4 is 32.7 Å². The van der Waals surface area contributed by atoms with E-state index in [0.29, 0.717) is 40.7 Å². The van der Waals surface area contributed by atoms with Crippen LogP contribution in [0.3, 0.4) is 0 Å². The second-order valence-corrected chi connectivity index (χ2v) is 15.2. The monoisotopic (exact) mass is 744 g/mol. The summed E-state index contributed by atoms with van der Waals surface area (Å²) in [4.78, 5) is 29.0. The van der Waals surface area contributed by atoms with Crippen LogP contribution in [-0.2, 0) is 23.0 Å². The Bertz CT molecular complexity index is 2160. The average Bonchev–Trinajstić information content (AvgIpc) is 3.49. The van der Waals surface area contributed by atoms with Gasteiger partial charge in [0.15, 0.2) is 0 Å². The third-order valence-corrected chi connectivity index (χ3v) is 10.7. The molecule has 0 saturated heterocycles. The molecule has 0 bridgehead atoms. The first-order valence-electron chi connectivity index (χ1n) is 17.8. The van der Waals surface area contributed by atoms with Crippen LogP contribution in [0.5, 0.6) is 0 Å². The Morgan fingerprint density at radius 2 is 1.49 bits per heavy atom. The van der Waals surface area contributed by atoms with Crippen LogP contribution in [-0.4, -0.2) is 66.0 Å². The lowest BCUT2D eigenvalue weighted by atomic mass is 9.99. The zero-order chi connectivity index (χ0) is 38.3. The van der Waals surface area contributed by atoms with Crippen molar-refractivity contribution in [3.63, 3.8) is 0 Å². The second kappa shape index (κ2) is 17.3. The summed E-state index contributed by atoms with van der Waals surface area (Å²) in [5.41, 5.74) is 3.59. The minimum Gasteiger partial charge on any atom is -0.390 e. The van der Waals surface area contributed by atoms with Gasteiger partial charge in [-0.1, -0.05) is 49.7 Å². The number of carbonyl (C=O) groups excluding carboxylic acids is 2. The van der Waals surface area contributed by atoms with Crippen molar-refractivity contribution in [2.45, 2.75) is 70.5 Å². The van der Waals surface area contributed by atoms with Crippen LogP contribution in [0.1, 0.15) is 69.7 Å². The van der Waals surface area contributed by atoms with Gasteiger partial charge >= 0.3 is 0 Å². The lowest BCUT2D eigenvalue weighted by Gasteiger charge is -2.25. The fourth-order valence-corrected chi connectivity index (χ4v) is 7.86. The molecule has 0 unspecified atom stereocenters. The van der Waals surface area contributed by atoms with Crippen molar-refractivity contribution in [3.05, 3.63) is 136 Å². The summed E-state index contributed by atoms with van der Waals surface area (Å²) in [5, 5.41) is 18.2. The van der Waals surface area contributed by atoms with Crippen molar-refractivity contribution in [2.24, 2.45) is 0 Å². The molecule has 0 aliphatic heterocycles. The van der Waals surface area contributed by atoms with E-state index in [0.717, 1.165) is 36.6 Å². The number of nitrogens with zero attached hydrogens (tertiary/aromatic N) is 2. The molecule has 0 radical (unpaired) electrons. The summed E-state index contributed by atoms with van der Waals surface area (Å²) in [6.07, 6.45) is 1.77. The van der Waals surface area contributed by atoms with Crippen molar-refractivity contribution in [1.82, 2.24) is 19.5 Å². The predicted molar refractivity (Wildman–Crippen MR) is 202 cm³/mol. The smallest absolute Gasteiger partial charge is 0.268 e. The fourth-order valence-electron chi connectivity index (χ4n) is 6.47. The Hall–Kier alpha value is -4.91. The topological polar surface area (TPSA) is 121 Å². The van der Waals surface area contributed by atoms with Crippen molar-refractivity contribution in [3.8, 4) is 0 Å². The number of carbonyl (C=O) groups is 2. The fraction of sp³-hybridized carbons (Fsp3) is 0.317. The van der Waals surface area contributed by atoms with E-state index in [1.807, 2.05) is 32.9 Å². The molecule has 3 N–H and O–H groups in total. The zero-order valence-electron chi connectivity index (χ0n) is 30.4. The van der Waals surface area contributed by atoms with Gasteiger partial charge in [0.05, 0.1) is 22.6 Å². The summed E-state index contributed by atoms with van der Waals surface area (Å²) in [5.74, 6) is -2.33. The molecule has 2 atom stereocenters. The molecule has 1 heterocycles. The van der Waals surface area contributed by atoms with E-state index in [4.69, 9.17) is 0 Å². The minimum absolute atomic E-state index is 0.0620. The van der Waals surface area contributed by atoms with Crippen molar-refractivity contribution in [2.75, 3.05) is 19.6 Å². The van der Waals surface area contributed by atoms with E-state index in [9.17, 15) is 31.9 Å². The van der Waals surface area contributed by atoms with Gasteiger partial charge < -0.3 is 20.6 Å². The number of aromatic nitrogens is 1. The highest BCUT2D eigenvalue weighted by Crippen LogP contribution is 2.26. The molecule has 1 aromatic heterocycles. The van der Waals surface area contributed by atoms with E-state index in [-0.39, 0.29) is 41.4 Å². The maximum Gasteiger partial charge on any atom is 0.268 e. The molecule has 5 rings (SSSR count). The number of fused-ring (bicyclic) bond motifs is 1. The molecule has 9 nitrogen and oxygen atoms in total. The van der Waals surface area contributed by atoms with Crippen LogP contribution >= 0.6 is 0 Å². The van der Waals surface area contributed by atoms with Gasteiger partial charge in [-0.05, 0) is 98.3 Å². The number of rotatable bonds is 16. The lowest BCUT2D eigenvalue weighted by molar-refractivity contribution is 0.0755. The standard InChI is InChI=1S/C41H46F2N4O5S/c1-5-15-46(16-6-2)41(50)31-18-28(4)17-30(22-31)40(49)45-37(21-29-19-33(42)23-34(43)20-29)39(48)25-44-24-32-26-47(38-10-8-7-9-36(32)38)53(51,52)35-13-11-27(3)12-14-35/h7-14,17-20,22-23,26,37,39,44,48H,5-6,15-16,21,24-25H2,1-4H3,(H,45,49)/t37-,39+/m0/s1. The number of hydrogen-bond donors (Lipinski definition) is 3. The van der Waals surface area contributed by atoms with Gasteiger partial charge in [0.2, 0.25) is 0 Å². The van der Waals surface area contributed by atoms with Crippen molar-refractivity contribution < 1.29 is 31.9 Å². The summed E-state index contributed by atoms with van der Waals surface area (Å²) in [6.45, 7) is 8.91. The quantitative estimate of drug-likeness (QED) is 0.106. The van der Waals surface area contributed by atoms with E-state index in [1.54, 1.807) is 66.6 Å². The molecule has 5 aromatic rings. The second-order valence-electron chi connectivity index (χ2n) is 13.4. The van der Waals surface area contributed by atoms with E-state index in [1.165, 1.54) is 10.0 Å². The molecule has 280 valence electrons. The largest absolute Gasteiger partial charge is 0.390 e. The molecule has 53 heavy (non-hydrogen) atoms. The first-order chi connectivity index (χ1) is 25.3. The number of benzene rings is 4. The number of aliphatic hydroxyl groups excluding tert-OH is 1. The highest BCUT2D eigenvalue weighted by molar-refractivity contribution is 7.90. The number of aliphatic hydroxyl groups is 1. The van der Waals surface area contributed by atoms with Crippen LogP contribution in [0.2, 0.25) is 0 Å². The minimum atomic E-state index is -3.91. The van der Waals surface area contributed by atoms with Gasteiger partial charge in [-0.25, -0.2) is 21.2 Å². The van der Waals surface area contributed by atoms with E-state index in [2.05, 4.69) is 10.6 Å². The number of para-hydroxylation sites is 1. The molecule has 0 spiro atoms. The third-order valence-electron chi connectivity index (χ3n) is 9.03. The molecule has 0 saturated carbocycles. The summed E-state index contributed by atoms with van der Waals surface area (Å²) in [6, 6.07) is 20.6. The van der Waals surface area contributed by atoms with Gasteiger partial charge in [0.25, 0.3) is 21.8 Å². The summed E-state index contributed by atoms with van der Waals surface area (Å²) < 4.78 is 56.9. The van der Waals surface area contributed by atoms with Gasteiger partial charge in [-0.2, -0.15) is 0 Å². The summed E-state index contributed by atoms with van der Waals surface area (Å²) >= 11 is 0. The zero-order valence-corrected chi connectivity index (χ0v) is 31.2. The van der Waals surface area contributed by atoms with Crippen LogP contribution in [0.15, 0.2) is 96.0 Å². The predicted octanol–water partition coefficient (Wildman–Crippen LogP) is 6.53. The van der Waals surface area contributed by atoms with Gasteiger partial charge in [-0.3, -0.25) is 9.59 Å². The lowest BCUT2D eigenvalue weighted by Crippen LogP contribution is -2.48. The number of aryl methyl sites for hydroxylation is 2. The number of nitrogens with one attached hydrogen (secondary N) is 2. The molecule has 0 aliphatic rings. The number of amides is 2. The molecule has 0 fully saturated rings. The van der Waals surface area contributed by atoms with Crippen molar-refractivity contribution in [1.29, 1.82) is 0 Å². The summed E-state index contributed by atoms with van der Waals surface area (Å²) in [7, 11) is -3.91. The number of halogens is 2. The van der Waals surface area contributed by atoms with E-state index < -0.39 is 39.7 Å². The van der Waals surface area contributed by atoms with Gasteiger partial charge in [0, 0.05) is 55.0 Å². The molecular weight excluding hydrogens is 699 g/mol. The number of hydrogen-bond acceptors (Lipinski definition) is 6. The van der Waals surface area contributed by atoms with Crippen LogP contribution < -0.4 is 10.6 Å². The van der Waals surface area contributed by atoms with E-state index >= 15 is 0 Å². The Morgan fingerprint density at radius 3 is 2.15 bits per heavy atom. The highest BCUT2D eigenvalue weighted by atomic mass is 32.2. The average molecular weight is 745 g/mol. The van der Waals surface area contributed by atoms with Gasteiger partial charge in [-0.15, -0.1) is 0 Å². The molecular formula is C41H46F2N4O5S. The molecule has 4 aromatic carbocycles. The Balaban J connectivity index is 1.37. The maximum absolute atomic E-state index is 14.2. The Morgan fingerprint density at radius 1 is 0.849 bits per heavy atom. The Kier molecular flexibility index (Phi) is 12.8. The Labute approximate surface area is 309 Å². The first-order valence-corrected chi connectivity index (χ1v) is 19.2. The van der Waals surface area contributed by atoms with Crippen LogP contribution in [0, 0.1) is 25.5 Å². The highest BCUT2D eigenvalue weighted by Gasteiger charge is 2.26. The third kappa shape index (κ3) is 9.56. The SMILES string of the molecule is CCCN(CCC)C(=O)c1cc(C)cc(C(=O)N[C@@H](Cc2cc(F)cc(F)c2)[C@H](O)CNCc2cn(S(=O)(=O)c3ccc(C)cc3)c3ccccc23)c1. The first kappa shape index (κ1) is 39.3. The molecule has 12 heteroatoms. The maximum atomic E-state index is 14.2. The normalized spacial score (nSPS) is 12.8. The molecule has 2 amide bonds. The van der Waals surface area contributed by atoms with Gasteiger partial charge in [0.1, 0.15) is 11.6 Å². The van der Waals surface area contributed by atoms with Crippen LogP contribution in [0.4, 0.5) is 8.78 Å². The van der Waals surface area contributed by atoms with Crippen LogP contribution in [0.25, 0.3) is 10.9 Å².